The fraction of sp³-hybridized carbons (Fsp3) is 0.667. The quantitative estimate of drug-likeness (QED) is 0.922. The Morgan fingerprint density at radius 1 is 1.53 bits per heavy atom. The molecule has 1 aliphatic carbocycles. The van der Waals surface area contributed by atoms with E-state index >= 15 is 0 Å². The molecule has 0 bridgehead atoms. The van der Waals surface area contributed by atoms with Crippen molar-refractivity contribution in [1.29, 1.82) is 0 Å². The first-order valence-corrected chi connectivity index (χ1v) is 7.34. The number of nitrogens with zero attached hydrogens (tertiary/aromatic N) is 1. The molecule has 1 heterocycles. The maximum atomic E-state index is 6.44. The monoisotopic (exact) mass is 282 g/mol. The Bertz CT molecular complexity index is 416. The van der Waals surface area contributed by atoms with Gasteiger partial charge in [-0.2, -0.15) is 0 Å². The van der Waals surface area contributed by atoms with Crippen LogP contribution in [0.25, 0.3) is 0 Å². The Kier molecular flexibility index (Phi) is 4.82. The second kappa shape index (κ2) is 6.21. The van der Waals surface area contributed by atoms with Gasteiger partial charge in [-0.05, 0) is 49.7 Å². The van der Waals surface area contributed by atoms with Crippen LogP contribution in [0.5, 0.6) is 0 Å². The van der Waals surface area contributed by atoms with E-state index in [2.05, 4.69) is 11.9 Å². The van der Waals surface area contributed by atoms with Crippen LogP contribution in [-0.2, 0) is 11.2 Å². The molecule has 1 aromatic rings. The average Bonchev–Trinajstić information content (AvgIpc) is 2.42. The number of hydrogen-bond acceptors (Lipinski definition) is 3. The topological polar surface area (TPSA) is 48.1 Å². The molecule has 19 heavy (non-hydrogen) atoms. The molecule has 2 rings (SSSR count). The standard InChI is InChI=1S/C15H23ClN2O/c1-11-3-6-15(19-2,7-4-11)14(17)9-12-5-8-18-10-13(12)16/h5,8,10-11,14H,3-4,6-7,9,17H2,1-2H3. The molecule has 0 aromatic carbocycles. The zero-order chi connectivity index (χ0) is 13.9. The van der Waals surface area contributed by atoms with Crippen molar-refractivity contribution in [2.75, 3.05) is 7.11 Å². The maximum absolute atomic E-state index is 6.44. The number of methoxy groups -OCH3 is 1. The Morgan fingerprint density at radius 2 is 2.21 bits per heavy atom. The molecule has 2 N–H and O–H groups in total. The van der Waals surface area contributed by atoms with E-state index in [-0.39, 0.29) is 11.6 Å². The maximum Gasteiger partial charge on any atom is 0.0832 e. The summed E-state index contributed by atoms with van der Waals surface area (Å²) < 4.78 is 5.82. The molecule has 0 saturated heterocycles. The lowest BCUT2D eigenvalue weighted by Crippen LogP contribution is -2.52. The minimum Gasteiger partial charge on any atom is -0.377 e. The molecule has 1 unspecified atom stereocenters. The Hall–Kier alpha value is -0.640. The van der Waals surface area contributed by atoms with Crippen LogP contribution in [0.4, 0.5) is 0 Å². The first kappa shape index (κ1) is 14.8. The third kappa shape index (κ3) is 3.28. The summed E-state index contributed by atoms with van der Waals surface area (Å²) in [5.41, 5.74) is 7.30. The third-order valence-corrected chi connectivity index (χ3v) is 4.84. The van der Waals surface area contributed by atoms with Gasteiger partial charge >= 0.3 is 0 Å². The number of pyridine rings is 1. The third-order valence-electron chi connectivity index (χ3n) is 4.50. The lowest BCUT2D eigenvalue weighted by Gasteiger charge is -2.42. The van der Waals surface area contributed by atoms with Crippen LogP contribution in [0.15, 0.2) is 18.5 Å². The summed E-state index contributed by atoms with van der Waals surface area (Å²) in [5, 5.41) is 0.688. The number of ether oxygens (including phenoxy) is 1. The summed E-state index contributed by atoms with van der Waals surface area (Å²) in [6, 6.07) is 1.92. The number of halogens is 1. The van der Waals surface area contributed by atoms with Gasteiger partial charge in [-0.25, -0.2) is 0 Å². The van der Waals surface area contributed by atoms with E-state index in [9.17, 15) is 0 Å². The number of aromatic nitrogens is 1. The molecule has 0 amide bonds. The highest BCUT2D eigenvalue weighted by Crippen LogP contribution is 2.37. The first-order valence-electron chi connectivity index (χ1n) is 6.96. The molecular formula is C15H23ClN2O. The second-order valence-corrected chi connectivity index (χ2v) is 6.14. The van der Waals surface area contributed by atoms with Crippen molar-refractivity contribution in [3.8, 4) is 0 Å². The predicted octanol–water partition coefficient (Wildman–Crippen LogP) is 3.20. The summed E-state index contributed by atoms with van der Waals surface area (Å²) in [7, 11) is 1.78. The van der Waals surface area contributed by atoms with Gasteiger partial charge in [0.05, 0.1) is 10.6 Å². The van der Waals surface area contributed by atoms with Crippen molar-refractivity contribution in [3.05, 3.63) is 29.0 Å². The molecule has 0 radical (unpaired) electrons. The average molecular weight is 283 g/mol. The molecule has 1 saturated carbocycles. The van der Waals surface area contributed by atoms with Gasteiger partial charge in [0.2, 0.25) is 0 Å². The smallest absolute Gasteiger partial charge is 0.0832 e. The lowest BCUT2D eigenvalue weighted by molar-refractivity contribution is -0.0659. The van der Waals surface area contributed by atoms with Crippen LogP contribution in [-0.4, -0.2) is 23.7 Å². The van der Waals surface area contributed by atoms with E-state index in [4.69, 9.17) is 22.1 Å². The van der Waals surface area contributed by atoms with Crippen molar-refractivity contribution in [2.24, 2.45) is 11.7 Å². The molecular weight excluding hydrogens is 260 g/mol. The number of nitrogens with two attached hydrogens (primary N) is 1. The summed E-state index contributed by atoms with van der Waals surface area (Å²) in [6.07, 6.45) is 8.62. The van der Waals surface area contributed by atoms with Crippen molar-refractivity contribution in [3.63, 3.8) is 0 Å². The van der Waals surface area contributed by atoms with Gasteiger partial charge in [-0.15, -0.1) is 0 Å². The normalized spacial score (nSPS) is 29.2. The highest BCUT2D eigenvalue weighted by molar-refractivity contribution is 6.31. The minimum atomic E-state index is -0.195. The van der Waals surface area contributed by atoms with Crippen molar-refractivity contribution in [2.45, 2.75) is 50.7 Å². The van der Waals surface area contributed by atoms with Crippen LogP contribution in [0, 0.1) is 5.92 Å². The SMILES string of the molecule is COC1(C(N)Cc2ccncc2Cl)CCC(C)CC1. The van der Waals surface area contributed by atoms with Gasteiger partial charge in [0.15, 0.2) is 0 Å². The lowest BCUT2D eigenvalue weighted by atomic mass is 9.74. The fourth-order valence-electron chi connectivity index (χ4n) is 2.97. The van der Waals surface area contributed by atoms with Crippen LogP contribution < -0.4 is 5.73 Å². The van der Waals surface area contributed by atoms with Crippen molar-refractivity contribution < 1.29 is 4.74 Å². The van der Waals surface area contributed by atoms with Gasteiger partial charge < -0.3 is 10.5 Å². The van der Waals surface area contributed by atoms with Crippen LogP contribution in [0.3, 0.4) is 0 Å². The first-order chi connectivity index (χ1) is 9.07. The van der Waals surface area contributed by atoms with Crippen LogP contribution in [0.2, 0.25) is 5.02 Å². The summed E-state index contributed by atoms with van der Waals surface area (Å²) in [5.74, 6) is 0.778. The Balaban J connectivity index is 2.09. The minimum absolute atomic E-state index is 0.0232. The number of rotatable bonds is 4. The molecule has 1 fully saturated rings. The van der Waals surface area contributed by atoms with Crippen LogP contribution >= 0.6 is 11.6 Å². The van der Waals surface area contributed by atoms with Crippen LogP contribution in [0.1, 0.15) is 38.2 Å². The van der Waals surface area contributed by atoms with Gasteiger partial charge in [0.25, 0.3) is 0 Å². The largest absolute Gasteiger partial charge is 0.377 e. The van der Waals surface area contributed by atoms with E-state index in [1.807, 2.05) is 6.07 Å². The van der Waals surface area contributed by atoms with Crippen molar-refractivity contribution in [1.82, 2.24) is 4.98 Å². The van der Waals surface area contributed by atoms with Gasteiger partial charge in [0, 0.05) is 25.5 Å². The van der Waals surface area contributed by atoms with E-state index in [0.29, 0.717) is 5.02 Å². The summed E-state index contributed by atoms with van der Waals surface area (Å²) in [4.78, 5) is 4.01. The highest BCUT2D eigenvalue weighted by Gasteiger charge is 2.39. The summed E-state index contributed by atoms with van der Waals surface area (Å²) >= 11 is 6.16. The predicted molar refractivity (Wildman–Crippen MR) is 78.3 cm³/mol. The van der Waals surface area contributed by atoms with Crippen molar-refractivity contribution >= 4 is 11.6 Å². The molecule has 106 valence electrons. The molecule has 0 aliphatic heterocycles. The second-order valence-electron chi connectivity index (χ2n) is 5.73. The van der Waals surface area contributed by atoms with E-state index in [0.717, 1.165) is 30.7 Å². The molecule has 1 aromatic heterocycles. The Labute approximate surface area is 120 Å². The van der Waals surface area contributed by atoms with Gasteiger partial charge in [-0.1, -0.05) is 18.5 Å². The zero-order valence-electron chi connectivity index (χ0n) is 11.7. The summed E-state index contributed by atoms with van der Waals surface area (Å²) in [6.45, 7) is 2.30. The van der Waals surface area contributed by atoms with Gasteiger partial charge in [0.1, 0.15) is 0 Å². The molecule has 4 heteroatoms. The molecule has 3 nitrogen and oxygen atoms in total. The van der Waals surface area contributed by atoms with E-state index < -0.39 is 0 Å². The molecule has 1 atom stereocenters. The van der Waals surface area contributed by atoms with E-state index in [1.54, 1.807) is 19.5 Å². The molecule has 1 aliphatic rings. The highest BCUT2D eigenvalue weighted by atomic mass is 35.5. The fourth-order valence-corrected chi connectivity index (χ4v) is 3.17. The number of hydrogen-bond donors (Lipinski definition) is 1. The molecule has 0 spiro atoms. The van der Waals surface area contributed by atoms with Gasteiger partial charge in [-0.3, -0.25) is 4.98 Å². The zero-order valence-corrected chi connectivity index (χ0v) is 12.5. The van der Waals surface area contributed by atoms with E-state index in [1.165, 1.54) is 12.8 Å². The Morgan fingerprint density at radius 3 is 2.79 bits per heavy atom.